The minimum Gasteiger partial charge on any atom is -0.315 e. The average molecular weight is 235 g/mol. The Morgan fingerprint density at radius 2 is 2.00 bits per heavy atom. The molecule has 0 atom stereocenters. The molecule has 0 saturated carbocycles. The van der Waals surface area contributed by atoms with Crippen LogP contribution in [0.4, 0.5) is 4.39 Å². The smallest absolute Gasteiger partial charge is 0.124 e. The monoisotopic (exact) mass is 235 g/mol. The van der Waals surface area contributed by atoms with Crippen LogP contribution in [0, 0.1) is 12.7 Å². The first-order valence-electron chi connectivity index (χ1n) is 5.18. The van der Waals surface area contributed by atoms with Crippen LogP contribution >= 0.6 is 11.3 Å². The number of aryl methyl sites for hydroxylation is 1. The lowest BCUT2D eigenvalue weighted by Crippen LogP contribution is -2.02. The molecule has 0 fully saturated rings. The van der Waals surface area contributed by atoms with Crippen LogP contribution in [0.3, 0.4) is 0 Å². The second kappa shape index (κ2) is 4.76. The van der Waals surface area contributed by atoms with Crippen molar-refractivity contribution < 1.29 is 4.39 Å². The Kier molecular flexibility index (Phi) is 3.36. The Balaban J connectivity index is 2.34. The van der Waals surface area contributed by atoms with E-state index in [4.69, 9.17) is 0 Å². The predicted octanol–water partition coefficient (Wildman–Crippen LogP) is 3.58. The fourth-order valence-electron chi connectivity index (χ4n) is 1.70. The van der Waals surface area contributed by atoms with Crippen molar-refractivity contribution in [3.05, 3.63) is 45.9 Å². The molecule has 1 aromatic heterocycles. The molecular formula is C13H14FNS. The van der Waals surface area contributed by atoms with Crippen LogP contribution in [0.15, 0.2) is 29.6 Å². The lowest BCUT2D eigenvalue weighted by Gasteiger charge is -2.00. The Morgan fingerprint density at radius 3 is 2.69 bits per heavy atom. The minimum atomic E-state index is -0.170. The van der Waals surface area contributed by atoms with Gasteiger partial charge in [0, 0.05) is 11.4 Å². The van der Waals surface area contributed by atoms with Crippen LogP contribution in [0.1, 0.15) is 10.4 Å². The summed E-state index contributed by atoms with van der Waals surface area (Å²) in [6.45, 7) is 2.77. The van der Waals surface area contributed by atoms with E-state index in [1.807, 2.05) is 20.0 Å². The maximum absolute atomic E-state index is 13.3. The second-order valence-electron chi connectivity index (χ2n) is 3.85. The molecule has 1 N–H and O–H groups in total. The molecule has 16 heavy (non-hydrogen) atoms. The van der Waals surface area contributed by atoms with Gasteiger partial charge in [0.1, 0.15) is 5.82 Å². The van der Waals surface area contributed by atoms with E-state index in [-0.39, 0.29) is 5.82 Å². The molecule has 1 heterocycles. The first kappa shape index (κ1) is 11.3. The molecule has 0 saturated heterocycles. The van der Waals surface area contributed by atoms with Gasteiger partial charge in [-0.05, 0) is 54.2 Å². The fourth-order valence-corrected chi connectivity index (χ4v) is 2.61. The van der Waals surface area contributed by atoms with Crippen molar-refractivity contribution in [1.82, 2.24) is 5.32 Å². The Bertz CT molecular complexity index is 470. The van der Waals surface area contributed by atoms with E-state index in [1.54, 1.807) is 23.5 Å². The van der Waals surface area contributed by atoms with Crippen molar-refractivity contribution in [1.29, 1.82) is 0 Å². The number of hydrogen-bond acceptors (Lipinski definition) is 2. The van der Waals surface area contributed by atoms with Crippen LogP contribution in [0.5, 0.6) is 0 Å². The molecule has 2 rings (SSSR count). The average Bonchev–Trinajstić information content (AvgIpc) is 2.65. The zero-order valence-electron chi connectivity index (χ0n) is 9.38. The highest BCUT2D eigenvalue weighted by Gasteiger charge is 2.04. The van der Waals surface area contributed by atoms with Gasteiger partial charge in [-0.15, -0.1) is 11.3 Å². The topological polar surface area (TPSA) is 12.0 Å². The van der Waals surface area contributed by atoms with Gasteiger partial charge in [-0.3, -0.25) is 0 Å². The highest BCUT2D eigenvalue weighted by Crippen LogP contribution is 2.27. The lowest BCUT2D eigenvalue weighted by atomic mass is 10.1. The van der Waals surface area contributed by atoms with Crippen molar-refractivity contribution in [3.63, 3.8) is 0 Å². The first-order valence-corrected chi connectivity index (χ1v) is 6.06. The molecule has 0 bridgehead atoms. The quantitative estimate of drug-likeness (QED) is 0.857. The minimum absolute atomic E-state index is 0.170. The van der Waals surface area contributed by atoms with Crippen LogP contribution < -0.4 is 5.32 Å². The van der Waals surface area contributed by atoms with Gasteiger partial charge >= 0.3 is 0 Å². The number of benzene rings is 1. The van der Waals surface area contributed by atoms with Crippen LogP contribution in [0.2, 0.25) is 0 Å². The van der Waals surface area contributed by atoms with E-state index in [2.05, 4.69) is 16.8 Å². The van der Waals surface area contributed by atoms with Gasteiger partial charge in [-0.2, -0.15) is 0 Å². The van der Waals surface area contributed by atoms with Crippen molar-refractivity contribution >= 4 is 11.3 Å². The maximum Gasteiger partial charge on any atom is 0.124 e. The van der Waals surface area contributed by atoms with Gasteiger partial charge in [0.2, 0.25) is 0 Å². The summed E-state index contributed by atoms with van der Waals surface area (Å²) in [4.78, 5) is 1.26. The third-order valence-electron chi connectivity index (χ3n) is 2.38. The van der Waals surface area contributed by atoms with E-state index < -0.39 is 0 Å². The number of nitrogens with one attached hydrogen (secondary N) is 1. The molecule has 0 radical (unpaired) electrons. The van der Waals surface area contributed by atoms with Gasteiger partial charge in [0.05, 0.1) is 0 Å². The van der Waals surface area contributed by atoms with Gasteiger partial charge in [-0.1, -0.05) is 6.07 Å². The summed E-state index contributed by atoms with van der Waals surface area (Å²) in [5, 5.41) is 5.18. The van der Waals surface area contributed by atoms with Crippen LogP contribution in [0.25, 0.3) is 11.1 Å². The molecule has 2 aromatic rings. The van der Waals surface area contributed by atoms with Crippen molar-refractivity contribution in [3.8, 4) is 11.1 Å². The zero-order valence-corrected chi connectivity index (χ0v) is 10.2. The highest BCUT2D eigenvalue weighted by molar-refractivity contribution is 7.10. The summed E-state index contributed by atoms with van der Waals surface area (Å²) in [5.74, 6) is -0.170. The molecule has 1 aromatic carbocycles. The van der Waals surface area contributed by atoms with Crippen molar-refractivity contribution in [2.24, 2.45) is 0 Å². The highest BCUT2D eigenvalue weighted by atomic mass is 32.1. The van der Waals surface area contributed by atoms with Gasteiger partial charge in [0.15, 0.2) is 0 Å². The van der Waals surface area contributed by atoms with E-state index in [0.29, 0.717) is 0 Å². The van der Waals surface area contributed by atoms with Gasteiger partial charge < -0.3 is 5.32 Å². The number of thiophene rings is 1. The first-order chi connectivity index (χ1) is 7.69. The molecule has 1 nitrogen and oxygen atoms in total. The fraction of sp³-hybridized carbons (Fsp3) is 0.231. The van der Waals surface area contributed by atoms with E-state index in [9.17, 15) is 4.39 Å². The van der Waals surface area contributed by atoms with E-state index in [0.717, 1.165) is 23.2 Å². The zero-order chi connectivity index (χ0) is 11.5. The van der Waals surface area contributed by atoms with Gasteiger partial charge in [-0.25, -0.2) is 4.39 Å². The Labute approximate surface area is 98.9 Å². The number of rotatable bonds is 3. The molecular weight excluding hydrogens is 221 g/mol. The molecule has 84 valence electrons. The summed E-state index contributed by atoms with van der Waals surface area (Å²) < 4.78 is 13.3. The largest absolute Gasteiger partial charge is 0.315 e. The lowest BCUT2D eigenvalue weighted by molar-refractivity contribution is 0.627. The van der Waals surface area contributed by atoms with Crippen molar-refractivity contribution in [2.45, 2.75) is 13.5 Å². The number of halogens is 1. The molecule has 0 aliphatic rings. The SMILES string of the molecule is CNCc1cc(-c2cc(C)cc(F)c2)cs1. The molecule has 0 unspecified atom stereocenters. The summed E-state index contributed by atoms with van der Waals surface area (Å²) in [6, 6.07) is 7.24. The molecule has 0 aliphatic heterocycles. The molecule has 3 heteroatoms. The van der Waals surface area contributed by atoms with Gasteiger partial charge in [0.25, 0.3) is 0 Å². The van der Waals surface area contributed by atoms with Crippen LogP contribution in [-0.4, -0.2) is 7.05 Å². The number of hydrogen-bond donors (Lipinski definition) is 1. The molecule has 0 aliphatic carbocycles. The van der Waals surface area contributed by atoms with Crippen molar-refractivity contribution in [2.75, 3.05) is 7.05 Å². The summed E-state index contributed by atoms with van der Waals surface area (Å²) in [6.07, 6.45) is 0. The summed E-state index contributed by atoms with van der Waals surface area (Å²) >= 11 is 1.70. The second-order valence-corrected chi connectivity index (χ2v) is 4.85. The molecule has 0 spiro atoms. The summed E-state index contributed by atoms with van der Waals surface area (Å²) in [7, 11) is 1.92. The Morgan fingerprint density at radius 1 is 1.19 bits per heavy atom. The maximum atomic E-state index is 13.3. The van der Waals surface area contributed by atoms with E-state index in [1.165, 1.54) is 4.88 Å². The third kappa shape index (κ3) is 2.49. The Hall–Kier alpha value is -1.19. The van der Waals surface area contributed by atoms with E-state index >= 15 is 0 Å². The normalized spacial score (nSPS) is 10.7. The third-order valence-corrected chi connectivity index (χ3v) is 3.32. The van der Waals surface area contributed by atoms with Crippen LogP contribution in [-0.2, 0) is 6.54 Å². The molecule has 0 amide bonds. The standard InChI is InChI=1S/C13H14FNS/c1-9-3-10(5-12(14)4-9)11-6-13(7-15-2)16-8-11/h3-6,8,15H,7H2,1-2H3. The summed E-state index contributed by atoms with van der Waals surface area (Å²) in [5.41, 5.74) is 3.00. The predicted molar refractivity (Wildman–Crippen MR) is 67.2 cm³/mol.